The fourth-order valence-corrected chi connectivity index (χ4v) is 4.27. The number of rotatable bonds is 10. The van der Waals surface area contributed by atoms with E-state index in [1.54, 1.807) is 7.11 Å². The van der Waals surface area contributed by atoms with Crippen molar-refractivity contribution in [3.05, 3.63) is 65.0 Å². The van der Waals surface area contributed by atoms with E-state index in [1.165, 1.54) is 17.3 Å². The summed E-state index contributed by atoms with van der Waals surface area (Å²) in [5, 5.41) is 15.1. The van der Waals surface area contributed by atoms with Gasteiger partial charge in [0.1, 0.15) is 5.75 Å². The van der Waals surface area contributed by atoms with Gasteiger partial charge >= 0.3 is 0 Å². The maximum atomic E-state index is 12.5. The molecule has 0 aliphatic carbocycles. The summed E-state index contributed by atoms with van der Waals surface area (Å²) in [4.78, 5) is 25.0. The fraction of sp³-hybridized carbons (Fsp3) is 0.360. The van der Waals surface area contributed by atoms with E-state index in [9.17, 15) is 9.59 Å². The third kappa shape index (κ3) is 6.60. The van der Waals surface area contributed by atoms with Gasteiger partial charge in [0.2, 0.25) is 11.8 Å². The first kappa shape index (κ1) is 25.3. The van der Waals surface area contributed by atoms with E-state index in [-0.39, 0.29) is 30.0 Å². The summed E-state index contributed by atoms with van der Waals surface area (Å²) < 4.78 is 7.07. The molecule has 8 nitrogen and oxygen atoms in total. The standard InChI is InChI=1S/C25H31N5O3S/c1-6-30-24(18(4)26-22(31)14-19-8-11-21(33-5)12-9-19)28-29-25(30)34-15-23(32)27-20-10-7-16(2)17(3)13-20/h7-13,18H,6,14-15H2,1-5H3,(H,26,31)(H,27,32)/t18-/m1/s1. The van der Waals surface area contributed by atoms with Gasteiger partial charge in [-0.15, -0.1) is 10.2 Å². The Balaban J connectivity index is 1.57. The molecule has 1 heterocycles. The van der Waals surface area contributed by atoms with Crippen LogP contribution in [0.2, 0.25) is 0 Å². The smallest absolute Gasteiger partial charge is 0.234 e. The molecule has 34 heavy (non-hydrogen) atoms. The van der Waals surface area contributed by atoms with Crippen molar-refractivity contribution in [1.82, 2.24) is 20.1 Å². The number of carbonyl (C=O) groups is 2. The van der Waals surface area contributed by atoms with E-state index in [0.717, 1.165) is 22.6 Å². The van der Waals surface area contributed by atoms with Crippen molar-refractivity contribution in [3.8, 4) is 5.75 Å². The Morgan fingerprint density at radius 2 is 1.79 bits per heavy atom. The summed E-state index contributed by atoms with van der Waals surface area (Å²) in [7, 11) is 1.61. The maximum absolute atomic E-state index is 12.5. The molecule has 1 atom stereocenters. The topological polar surface area (TPSA) is 98.1 Å². The van der Waals surface area contributed by atoms with Crippen LogP contribution in [0.1, 0.15) is 42.4 Å². The zero-order chi connectivity index (χ0) is 24.7. The maximum Gasteiger partial charge on any atom is 0.234 e. The first-order valence-corrected chi connectivity index (χ1v) is 12.1. The van der Waals surface area contributed by atoms with E-state index < -0.39 is 0 Å². The Morgan fingerprint density at radius 3 is 2.44 bits per heavy atom. The third-order valence-corrected chi connectivity index (χ3v) is 6.44. The van der Waals surface area contributed by atoms with Gasteiger partial charge in [0.05, 0.1) is 25.3 Å². The van der Waals surface area contributed by atoms with Gasteiger partial charge < -0.3 is 19.9 Å². The number of nitrogens with one attached hydrogen (secondary N) is 2. The number of benzene rings is 2. The van der Waals surface area contributed by atoms with Crippen molar-refractivity contribution >= 4 is 29.3 Å². The first-order valence-electron chi connectivity index (χ1n) is 11.2. The van der Waals surface area contributed by atoms with Crippen molar-refractivity contribution in [3.63, 3.8) is 0 Å². The normalized spacial score (nSPS) is 11.7. The Morgan fingerprint density at radius 1 is 1.06 bits per heavy atom. The largest absolute Gasteiger partial charge is 0.497 e. The Labute approximate surface area is 204 Å². The SMILES string of the molecule is CCn1c(SCC(=O)Nc2ccc(C)c(C)c2)nnc1[C@@H](C)NC(=O)Cc1ccc(OC)cc1. The van der Waals surface area contributed by atoms with Gasteiger partial charge in [-0.3, -0.25) is 9.59 Å². The molecule has 0 unspecified atom stereocenters. The van der Waals surface area contributed by atoms with E-state index in [1.807, 2.05) is 74.7 Å². The van der Waals surface area contributed by atoms with Gasteiger partial charge in [-0.05, 0) is 68.7 Å². The second-order valence-corrected chi connectivity index (χ2v) is 8.98. The number of aryl methyl sites for hydroxylation is 2. The lowest BCUT2D eigenvalue weighted by Gasteiger charge is -2.15. The number of hydrogen-bond acceptors (Lipinski definition) is 6. The number of methoxy groups -OCH3 is 1. The zero-order valence-corrected chi connectivity index (χ0v) is 21.0. The lowest BCUT2D eigenvalue weighted by atomic mass is 10.1. The van der Waals surface area contributed by atoms with Crippen LogP contribution < -0.4 is 15.4 Å². The minimum Gasteiger partial charge on any atom is -0.497 e. The van der Waals surface area contributed by atoms with Crippen LogP contribution in [0.15, 0.2) is 47.6 Å². The molecule has 2 amide bonds. The summed E-state index contributed by atoms with van der Waals surface area (Å²) in [6.07, 6.45) is 0.259. The molecule has 0 saturated carbocycles. The van der Waals surface area contributed by atoms with Gasteiger partial charge in [0.25, 0.3) is 0 Å². The summed E-state index contributed by atoms with van der Waals surface area (Å²) in [6.45, 7) is 8.54. The van der Waals surface area contributed by atoms with E-state index in [0.29, 0.717) is 17.5 Å². The van der Waals surface area contributed by atoms with Crippen molar-refractivity contribution in [2.24, 2.45) is 0 Å². The number of anilines is 1. The Hall–Kier alpha value is -3.33. The number of thioether (sulfide) groups is 1. The third-order valence-electron chi connectivity index (χ3n) is 5.47. The van der Waals surface area contributed by atoms with Crippen LogP contribution in [0.25, 0.3) is 0 Å². The van der Waals surface area contributed by atoms with Crippen molar-refractivity contribution in [2.45, 2.75) is 51.9 Å². The number of amides is 2. The molecule has 0 aliphatic rings. The molecule has 1 aromatic heterocycles. The predicted molar refractivity (Wildman–Crippen MR) is 134 cm³/mol. The predicted octanol–water partition coefficient (Wildman–Crippen LogP) is 4.07. The van der Waals surface area contributed by atoms with Crippen molar-refractivity contribution in [2.75, 3.05) is 18.2 Å². The molecule has 180 valence electrons. The lowest BCUT2D eigenvalue weighted by molar-refractivity contribution is -0.121. The van der Waals surface area contributed by atoms with Gasteiger partial charge in [0.15, 0.2) is 11.0 Å². The van der Waals surface area contributed by atoms with Crippen LogP contribution in [0.4, 0.5) is 5.69 Å². The molecule has 0 aliphatic heterocycles. The highest BCUT2D eigenvalue weighted by Crippen LogP contribution is 2.22. The summed E-state index contributed by atoms with van der Waals surface area (Å²) in [5.74, 6) is 1.40. The van der Waals surface area contributed by atoms with Crippen LogP contribution in [0, 0.1) is 13.8 Å². The average Bonchev–Trinajstić information content (AvgIpc) is 3.23. The molecule has 3 rings (SSSR count). The summed E-state index contributed by atoms with van der Waals surface area (Å²) in [6, 6.07) is 12.9. The lowest BCUT2D eigenvalue weighted by Crippen LogP contribution is -2.30. The monoisotopic (exact) mass is 481 g/mol. The fourth-order valence-electron chi connectivity index (χ4n) is 3.46. The van der Waals surface area contributed by atoms with Gasteiger partial charge in [-0.1, -0.05) is 30.0 Å². The molecule has 3 aromatic rings. The molecule has 0 spiro atoms. The molecule has 0 saturated heterocycles. The van der Waals surface area contributed by atoms with Crippen molar-refractivity contribution < 1.29 is 14.3 Å². The summed E-state index contributed by atoms with van der Waals surface area (Å²) >= 11 is 1.32. The van der Waals surface area contributed by atoms with Crippen LogP contribution in [-0.4, -0.2) is 39.4 Å². The quantitative estimate of drug-likeness (QED) is 0.424. The van der Waals surface area contributed by atoms with Gasteiger partial charge in [-0.2, -0.15) is 0 Å². The first-order chi connectivity index (χ1) is 16.3. The number of carbonyl (C=O) groups excluding carboxylic acids is 2. The highest BCUT2D eigenvalue weighted by molar-refractivity contribution is 7.99. The second-order valence-electron chi connectivity index (χ2n) is 8.03. The van der Waals surface area contributed by atoms with Gasteiger partial charge in [-0.25, -0.2) is 0 Å². The van der Waals surface area contributed by atoms with E-state index >= 15 is 0 Å². The highest BCUT2D eigenvalue weighted by Gasteiger charge is 2.20. The molecule has 0 fully saturated rings. The average molecular weight is 482 g/mol. The number of aromatic nitrogens is 3. The summed E-state index contributed by atoms with van der Waals surface area (Å²) in [5.41, 5.74) is 3.98. The molecular formula is C25H31N5O3S. The van der Waals surface area contributed by atoms with Crippen LogP contribution in [0.5, 0.6) is 5.75 Å². The molecule has 0 radical (unpaired) electrons. The molecule has 2 N–H and O–H groups in total. The zero-order valence-electron chi connectivity index (χ0n) is 20.2. The van der Waals surface area contributed by atoms with Crippen molar-refractivity contribution in [1.29, 1.82) is 0 Å². The Bertz CT molecular complexity index is 1140. The van der Waals surface area contributed by atoms with E-state index in [4.69, 9.17) is 4.74 Å². The number of nitrogens with zero attached hydrogens (tertiary/aromatic N) is 3. The van der Waals surface area contributed by atoms with Gasteiger partial charge in [0, 0.05) is 12.2 Å². The van der Waals surface area contributed by atoms with Crippen LogP contribution in [-0.2, 0) is 22.6 Å². The molecule has 2 aromatic carbocycles. The number of ether oxygens (including phenoxy) is 1. The Kier molecular flexibility index (Phi) is 8.70. The minimum absolute atomic E-state index is 0.106. The van der Waals surface area contributed by atoms with Crippen LogP contribution >= 0.6 is 11.8 Å². The number of hydrogen-bond donors (Lipinski definition) is 2. The highest BCUT2D eigenvalue weighted by atomic mass is 32.2. The minimum atomic E-state index is -0.322. The molecular weight excluding hydrogens is 450 g/mol. The second kappa shape index (κ2) is 11.7. The van der Waals surface area contributed by atoms with Crippen LogP contribution in [0.3, 0.4) is 0 Å². The van der Waals surface area contributed by atoms with E-state index in [2.05, 4.69) is 20.8 Å². The molecule has 9 heteroatoms. The molecule has 0 bridgehead atoms.